The minimum Gasteiger partial charge on any atom is -0.444 e. The number of alkyl carbamates (subject to hydrolysis) is 1. The first kappa shape index (κ1) is 19.5. The van der Waals surface area contributed by atoms with E-state index in [4.69, 9.17) is 10.00 Å². The molecule has 2 aromatic carbocycles. The highest BCUT2D eigenvalue weighted by atomic mass is 32.2. The van der Waals surface area contributed by atoms with Crippen LogP contribution in [0.5, 0.6) is 0 Å². The number of sulfone groups is 1. The van der Waals surface area contributed by atoms with Crippen LogP contribution in [-0.4, -0.2) is 20.1 Å². The van der Waals surface area contributed by atoms with Gasteiger partial charge in [0, 0.05) is 0 Å². The summed E-state index contributed by atoms with van der Waals surface area (Å²) in [5, 5.41) is 10.0. The zero-order valence-electron chi connectivity index (χ0n) is 14.8. The lowest BCUT2D eigenvalue weighted by Gasteiger charge is -2.24. The molecule has 0 unspecified atom stereocenters. The Balaban J connectivity index is 2.44. The Morgan fingerprint density at radius 2 is 1.65 bits per heavy atom. The molecule has 2 aromatic rings. The molecule has 0 aliphatic rings. The van der Waals surface area contributed by atoms with E-state index < -0.39 is 26.9 Å². The fourth-order valence-corrected chi connectivity index (χ4v) is 3.81. The van der Waals surface area contributed by atoms with E-state index in [0.29, 0.717) is 11.1 Å². The first-order valence-electron chi connectivity index (χ1n) is 7.92. The average molecular weight is 372 g/mol. The van der Waals surface area contributed by atoms with E-state index in [0.717, 1.165) is 0 Å². The van der Waals surface area contributed by atoms with Crippen LogP contribution in [0.1, 0.15) is 37.3 Å². The van der Waals surface area contributed by atoms with Gasteiger partial charge in [0.15, 0.2) is 5.37 Å². The summed E-state index contributed by atoms with van der Waals surface area (Å²) in [6.45, 7) is 5.07. The normalized spacial score (nSPS) is 12.7. The molecular formula is C19H20N2O4S. The predicted molar refractivity (Wildman–Crippen MR) is 96.9 cm³/mol. The maximum atomic E-state index is 13.1. The second-order valence-electron chi connectivity index (χ2n) is 6.62. The highest BCUT2D eigenvalue weighted by Gasteiger charge is 2.32. The van der Waals surface area contributed by atoms with Crippen molar-refractivity contribution in [3.05, 3.63) is 65.7 Å². The van der Waals surface area contributed by atoms with Crippen molar-refractivity contribution in [2.75, 3.05) is 0 Å². The summed E-state index contributed by atoms with van der Waals surface area (Å²) in [6, 6.07) is 15.8. The molecule has 0 aliphatic carbocycles. The van der Waals surface area contributed by atoms with Crippen LogP contribution in [0.2, 0.25) is 0 Å². The minimum atomic E-state index is -3.92. The first-order valence-corrected chi connectivity index (χ1v) is 9.46. The monoisotopic (exact) mass is 372 g/mol. The molecule has 0 fully saturated rings. The summed E-state index contributed by atoms with van der Waals surface area (Å²) in [7, 11) is -3.92. The van der Waals surface area contributed by atoms with Crippen molar-refractivity contribution in [2.24, 2.45) is 0 Å². The van der Waals surface area contributed by atoms with E-state index in [-0.39, 0.29) is 4.90 Å². The first-order chi connectivity index (χ1) is 12.1. The number of hydrogen-bond donors (Lipinski definition) is 1. The fraction of sp³-hybridized carbons (Fsp3) is 0.263. The number of ether oxygens (including phenoxy) is 1. The number of rotatable bonds is 4. The van der Waals surface area contributed by atoms with Crippen molar-refractivity contribution < 1.29 is 17.9 Å². The number of nitrogens with zero attached hydrogens (tertiary/aromatic N) is 1. The van der Waals surface area contributed by atoms with Gasteiger partial charge in [-0.3, -0.25) is 0 Å². The van der Waals surface area contributed by atoms with E-state index in [9.17, 15) is 13.2 Å². The van der Waals surface area contributed by atoms with Crippen molar-refractivity contribution in [3.63, 3.8) is 0 Å². The molecule has 26 heavy (non-hydrogen) atoms. The van der Waals surface area contributed by atoms with Gasteiger partial charge in [-0.05, 0) is 50.6 Å². The SMILES string of the molecule is CC(C)(C)OC(=O)N[C@H](c1ccc(C#N)cc1)S(=O)(=O)c1ccccc1. The van der Waals surface area contributed by atoms with Gasteiger partial charge in [0.1, 0.15) is 5.60 Å². The van der Waals surface area contributed by atoms with E-state index in [2.05, 4.69) is 5.32 Å². The molecule has 0 heterocycles. The Bertz CT molecular complexity index is 909. The van der Waals surface area contributed by atoms with E-state index in [1.165, 1.54) is 36.4 Å². The molecule has 0 saturated heterocycles. The van der Waals surface area contributed by atoms with Crippen molar-refractivity contribution in [1.29, 1.82) is 5.26 Å². The maximum absolute atomic E-state index is 13.1. The highest BCUT2D eigenvalue weighted by molar-refractivity contribution is 7.91. The molecule has 0 bridgehead atoms. The summed E-state index contributed by atoms with van der Waals surface area (Å²) in [5.74, 6) is 0. The number of amides is 1. The topological polar surface area (TPSA) is 96.3 Å². The van der Waals surface area contributed by atoms with Crippen LogP contribution in [0.3, 0.4) is 0 Å². The maximum Gasteiger partial charge on any atom is 0.408 e. The second-order valence-corrected chi connectivity index (χ2v) is 8.65. The lowest BCUT2D eigenvalue weighted by molar-refractivity contribution is 0.0519. The molecule has 1 N–H and O–H groups in total. The third-order valence-electron chi connectivity index (χ3n) is 3.37. The van der Waals surface area contributed by atoms with E-state index >= 15 is 0 Å². The Labute approximate surface area is 153 Å². The van der Waals surface area contributed by atoms with Crippen LogP contribution in [0.15, 0.2) is 59.5 Å². The third-order valence-corrected chi connectivity index (χ3v) is 5.31. The molecule has 1 amide bonds. The van der Waals surface area contributed by atoms with Gasteiger partial charge in [0.05, 0.1) is 16.5 Å². The molecule has 136 valence electrons. The molecule has 1 atom stereocenters. The van der Waals surface area contributed by atoms with Crippen molar-refractivity contribution in [3.8, 4) is 6.07 Å². The molecule has 7 heteroatoms. The van der Waals surface area contributed by atoms with Crippen LogP contribution in [0.25, 0.3) is 0 Å². The van der Waals surface area contributed by atoms with Crippen molar-refractivity contribution in [2.45, 2.75) is 36.6 Å². The zero-order chi connectivity index (χ0) is 19.4. The van der Waals surface area contributed by atoms with Crippen LogP contribution in [0.4, 0.5) is 4.79 Å². The number of benzene rings is 2. The van der Waals surface area contributed by atoms with Crippen LogP contribution in [0, 0.1) is 11.3 Å². The lowest BCUT2D eigenvalue weighted by atomic mass is 10.1. The second kappa shape index (κ2) is 7.58. The highest BCUT2D eigenvalue weighted by Crippen LogP contribution is 2.27. The van der Waals surface area contributed by atoms with Crippen LogP contribution >= 0.6 is 0 Å². The van der Waals surface area contributed by atoms with Gasteiger partial charge in [-0.2, -0.15) is 5.26 Å². The van der Waals surface area contributed by atoms with Gasteiger partial charge < -0.3 is 10.1 Å². The molecule has 2 rings (SSSR count). The van der Waals surface area contributed by atoms with E-state index in [1.54, 1.807) is 39.0 Å². The predicted octanol–water partition coefficient (Wildman–Crippen LogP) is 3.56. The molecule has 0 radical (unpaired) electrons. The number of carbonyl (C=O) groups is 1. The summed E-state index contributed by atoms with van der Waals surface area (Å²) < 4.78 is 31.3. The van der Waals surface area contributed by atoms with Gasteiger partial charge in [0.2, 0.25) is 9.84 Å². The van der Waals surface area contributed by atoms with Crippen molar-refractivity contribution in [1.82, 2.24) is 5.32 Å². The smallest absolute Gasteiger partial charge is 0.408 e. The Morgan fingerprint density at radius 1 is 1.08 bits per heavy atom. The minimum absolute atomic E-state index is 0.0745. The van der Waals surface area contributed by atoms with Crippen LogP contribution < -0.4 is 5.32 Å². The molecule has 6 nitrogen and oxygen atoms in total. The van der Waals surface area contributed by atoms with Gasteiger partial charge >= 0.3 is 6.09 Å². The number of nitrogens with one attached hydrogen (secondary N) is 1. The van der Waals surface area contributed by atoms with Gasteiger partial charge in [0.25, 0.3) is 0 Å². The van der Waals surface area contributed by atoms with Gasteiger partial charge in [-0.15, -0.1) is 0 Å². The Kier molecular flexibility index (Phi) is 5.68. The molecule has 0 aliphatic heterocycles. The summed E-state index contributed by atoms with van der Waals surface area (Å²) in [5.41, 5.74) is -0.0453. The molecule has 0 aromatic heterocycles. The number of hydrogen-bond acceptors (Lipinski definition) is 5. The fourth-order valence-electron chi connectivity index (χ4n) is 2.23. The quantitative estimate of drug-likeness (QED) is 0.885. The van der Waals surface area contributed by atoms with Gasteiger partial charge in [-0.1, -0.05) is 30.3 Å². The van der Waals surface area contributed by atoms with Gasteiger partial charge in [-0.25, -0.2) is 13.2 Å². The molecular weight excluding hydrogens is 352 g/mol. The summed E-state index contributed by atoms with van der Waals surface area (Å²) >= 11 is 0. The Hall–Kier alpha value is -2.85. The number of carbonyl (C=O) groups excluding carboxylic acids is 1. The zero-order valence-corrected chi connectivity index (χ0v) is 15.6. The number of nitriles is 1. The summed E-state index contributed by atoms with van der Waals surface area (Å²) in [6.07, 6.45) is -0.841. The van der Waals surface area contributed by atoms with E-state index in [1.807, 2.05) is 6.07 Å². The summed E-state index contributed by atoms with van der Waals surface area (Å²) in [4.78, 5) is 12.3. The lowest BCUT2D eigenvalue weighted by Crippen LogP contribution is -2.38. The molecule has 0 spiro atoms. The largest absolute Gasteiger partial charge is 0.444 e. The molecule has 0 saturated carbocycles. The average Bonchev–Trinajstić information content (AvgIpc) is 2.59. The Morgan fingerprint density at radius 3 is 2.15 bits per heavy atom. The standard InChI is InChI=1S/C19H20N2O4S/c1-19(2,3)25-18(22)21-17(15-11-9-14(13-20)10-12-15)26(23,24)16-7-5-4-6-8-16/h4-12,17H,1-3H3,(H,21,22)/t17-/m0/s1. The third kappa shape index (κ3) is 4.83. The van der Waals surface area contributed by atoms with Crippen molar-refractivity contribution >= 4 is 15.9 Å². The van der Waals surface area contributed by atoms with Crippen LogP contribution in [-0.2, 0) is 14.6 Å².